The van der Waals surface area contributed by atoms with Crippen molar-refractivity contribution in [2.45, 2.75) is 6.54 Å². The highest BCUT2D eigenvalue weighted by Gasteiger charge is 2.10. The normalized spacial score (nSPS) is 10.9. The van der Waals surface area contributed by atoms with Gasteiger partial charge in [-0.05, 0) is 29.1 Å². The largest absolute Gasteiger partial charge is 0.355 e. The van der Waals surface area contributed by atoms with Crippen molar-refractivity contribution < 1.29 is 4.39 Å². The van der Waals surface area contributed by atoms with Gasteiger partial charge in [0, 0.05) is 13.6 Å². The lowest BCUT2D eigenvalue weighted by Crippen LogP contribution is -2.18. The Morgan fingerprint density at radius 3 is 2.95 bits per heavy atom. The maximum atomic E-state index is 13.5. The molecular weight excluding hydrogens is 297 g/mol. The van der Waals surface area contributed by atoms with Gasteiger partial charge in [-0.2, -0.15) is 0 Å². The molecule has 2 aromatic heterocycles. The molecule has 0 aliphatic heterocycles. The van der Waals surface area contributed by atoms with Gasteiger partial charge in [0.25, 0.3) is 0 Å². The van der Waals surface area contributed by atoms with Crippen molar-refractivity contribution in [2.24, 2.45) is 0 Å². The van der Waals surface area contributed by atoms with Crippen molar-refractivity contribution in [3.05, 3.63) is 52.4 Å². The van der Waals surface area contributed by atoms with Crippen LogP contribution < -0.4 is 4.90 Å². The lowest BCUT2D eigenvalue weighted by atomic mass is 10.2. The molecule has 0 fully saturated rings. The van der Waals surface area contributed by atoms with Crippen LogP contribution in [0.2, 0.25) is 5.02 Å². The number of hydrogen-bond acceptors (Lipinski definition) is 4. The quantitative estimate of drug-likeness (QED) is 0.729. The van der Waals surface area contributed by atoms with Crippen LogP contribution in [0, 0.1) is 5.82 Å². The molecule has 0 aliphatic carbocycles. The van der Waals surface area contributed by atoms with E-state index >= 15 is 0 Å². The molecule has 3 aromatic rings. The van der Waals surface area contributed by atoms with E-state index in [2.05, 4.69) is 9.97 Å². The number of fused-ring (bicyclic) bond motifs is 1. The van der Waals surface area contributed by atoms with Crippen LogP contribution in [0.1, 0.15) is 5.56 Å². The first-order valence-electron chi connectivity index (χ1n) is 5.98. The van der Waals surface area contributed by atoms with Gasteiger partial charge in [0.15, 0.2) is 0 Å². The van der Waals surface area contributed by atoms with E-state index in [-0.39, 0.29) is 5.02 Å². The van der Waals surface area contributed by atoms with Crippen LogP contribution in [0.4, 0.5) is 10.2 Å². The zero-order valence-electron chi connectivity index (χ0n) is 10.7. The van der Waals surface area contributed by atoms with Crippen LogP contribution in [0.15, 0.2) is 36.0 Å². The van der Waals surface area contributed by atoms with Crippen LogP contribution in [0.3, 0.4) is 0 Å². The van der Waals surface area contributed by atoms with Crippen molar-refractivity contribution >= 4 is 39.0 Å². The van der Waals surface area contributed by atoms with Gasteiger partial charge < -0.3 is 4.90 Å². The summed E-state index contributed by atoms with van der Waals surface area (Å²) in [7, 11) is 1.92. The van der Waals surface area contributed by atoms with Crippen LogP contribution in [-0.4, -0.2) is 17.0 Å². The maximum Gasteiger partial charge on any atom is 0.142 e. The van der Waals surface area contributed by atoms with E-state index in [9.17, 15) is 4.39 Å². The topological polar surface area (TPSA) is 29.0 Å². The summed E-state index contributed by atoms with van der Waals surface area (Å²) in [6.45, 7) is 0.552. The number of anilines is 1. The predicted octanol–water partition coefficient (Wildman–Crippen LogP) is 4.12. The summed E-state index contributed by atoms with van der Waals surface area (Å²) < 4.78 is 13.5. The highest BCUT2D eigenvalue weighted by atomic mass is 35.5. The van der Waals surface area contributed by atoms with Crippen molar-refractivity contribution in [2.75, 3.05) is 11.9 Å². The van der Waals surface area contributed by atoms with E-state index in [0.717, 1.165) is 21.6 Å². The molecule has 3 nitrogen and oxygen atoms in total. The average molecular weight is 308 g/mol. The SMILES string of the molecule is CN(Cc1ccc(Cl)c(F)c1)c1ncnc2sccc12. The minimum atomic E-state index is -0.402. The van der Waals surface area contributed by atoms with E-state index in [4.69, 9.17) is 11.6 Å². The Morgan fingerprint density at radius 2 is 2.15 bits per heavy atom. The van der Waals surface area contributed by atoms with Crippen LogP contribution >= 0.6 is 22.9 Å². The fraction of sp³-hybridized carbons (Fsp3) is 0.143. The second kappa shape index (κ2) is 5.34. The van der Waals surface area contributed by atoms with Gasteiger partial charge in [-0.3, -0.25) is 0 Å². The predicted molar refractivity (Wildman–Crippen MR) is 80.9 cm³/mol. The van der Waals surface area contributed by atoms with E-state index in [1.54, 1.807) is 23.7 Å². The lowest BCUT2D eigenvalue weighted by molar-refractivity contribution is 0.625. The fourth-order valence-electron chi connectivity index (χ4n) is 2.07. The van der Waals surface area contributed by atoms with Gasteiger partial charge in [0.1, 0.15) is 22.8 Å². The minimum Gasteiger partial charge on any atom is -0.355 e. The molecule has 102 valence electrons. The molecule has 0 aliphatic rings. The monoisotopic (exact) mass is 307 g/mol. The van der Waals surface area contributed by atoms with Gasteiger partial charge in [-0.25, -0.2) is 14.4 Å². The number of benzene rings is 1. The highest BCUT2D eigenvalue weighted by molar-refractivity contribution is 7.16. The molecule has 6 heteroatoms. The van der Waals surface area contributed by atoms with Crippen molar-refractivity contribution in [1.29, 1.82) is 0 Å². The first-order valence-corrected chi connectivity index (χ1v) is 7.24. The second-order valence-corrected chi connectivity index (χ2v) is 5.74. The third-order valence-electron chi connectivity index (χ3n) is 3.01. The molecule has 0 unspecified atom stereocenters. The molecule has 0 amide bonds. The summed E-state index contributed by atoms with van der Waals surface area (Å²) in [5, 5.41) is 3.13. The van der Waals surface area contributed by atoms with Gasteiger partial charge >= 0.3 is 0 Å². The molecule has 0 saturated heterocycles. The Balaban J connectivity index is 1.90. The van der Waals surface area contributed by atoms with E-state index in [1.165, 1.54) is 6.07 Å². The number of halogens is 2. The zero-order chi connectivity index (χ0) is 14.1. The van der Waals surface area contributed by atoms with Crippen LogP contribution in [0.25, 0.3) is 10.2 Å². The Morgan fingerprint density at radius 1 is 1.30 bits per heavy atom. The molecule has 0 N–H and O–H groups in total. The Hall–Kier alpha value is -1.72. The van der Waals surface area contributed by atoms with Crippen LogP contribution in [-0.2, 0) is 6.54 Å². The third kappa shape index (κ3) is 2.46. The summed E-state index contributed by atoms with van der Waals surface area (Å²) >= 11 is 7.26. The Labute approximate surface area is 124 Å². The zero-order valence-corrected chi connectivity index (χ0v) is 12.2. The molecule has 0 radical (unpaired) electrons. The van der Waals surface area contributed by atoms with Gasteiger partial charge in [-0.15, -0.1) is 11.3 Å². The molecule has 3 rings (SSSR count). The summed E-state index contributed by atoms with van der Waals surface area (Å²) in [6, 6.07) is 6.83. The van der Waals surface area contributed by atoms with Crippen molar-refractivity contribution in [1.82, 2.24) is 9.97 Å². The van der Waals surface area contributed by atoms with E-state index < -0.39 is 5.82 Å². The molecule has 2 heterocycles. The number of aromatic nitrogens is 2. The second-order valence-electron chi connectivity index (χ2n) is 4.44. The van der Waals surface area contributed by atoms with Crippen molar-refractivity contribution in [3.63, 3.8) is 0 Å². The Kier molecular flexibility index (Phi) is 3.54. The molecular formula is C14H11ClFN3S. The van der Waals surface area contributed by atoms with Gasteiger partial charge in [0.2, 0.25) is 0 Å². The van der Waals surface area contributed by atoms with Gasteiger partial charge in [-0.1, -0.05) is 17.7 Å². The van der Waals surface area contributed by atoms with E-state index in [0.29, 0.717) is 6.54 Å². The molecule has 0 atom stereocenters. The van der Waals surface area contributed by atoms with Crippen LogP contribution in [0.5, 0.6) is 0 Å². The molecule has 0 bridgehead atoms. The van der Waals surface area contributed by atoms with Gasteiger partial charge in [0.05, 0.1) is 10.4 Å². The number of rotatable bonds is 3. The molecule has 20 heavy (non-hydrogen) atoms. The molecule has 1 aromatic carbocycles. The maximum absolute atomic E-state index is 13.5. The Bertz CT molecular complexity index is 759. The number of thiophene rings is 1. The highest BCUT2D eigenvalue weighted by Crippen LogP contribution is 2.27. The van der Waals surface area contributed by atoms with Crippen molar-refractivity contribution in [3.8, 4) is 0 Å². The number of nitrogens with zero attached hydrogens (tertiary/aromatic N) is 3. The standard InChI is InChI=1S/C14H11ClFN3S/c1-19(7-9-2-3-11(15)12(16)6-9)13-10-4-5-20-14(10)18-8-17-13/h2-6,8H,7H2,1H3. The first kappa shape index (κ1) is 13.3. The summed E-state index contributed by atoms with van der Waals surface area (Å²) in [5.74, 6) is 0.438. The van der Waals surface area contributed by atoms with E-state index in [1.807, 2.05) is 29.5 Å². The summed E-state index contributed by atoms with van der Waals surface area (Å²) in [6.07, 6.45) is 1.55. The third-order valence-corrected chi connectivity index (χ3v) is 4.13. The average Bonchev–Trinajstić information content (AvgIpc) is 2.91. The fourth-order valence-corrected chi connectivity index (χ4v) is 2.91. The summed E-state index contributed by atoms with van der Waals surface area (Å²) in [5.41, 5.74) is 0.844. The molecule has 0 spiro atoms. The smallest absolute Gasteiger partial charge is 0.142 e. The first-order chi connectivity index (χ1) is 9.65. The number of hydrogen-bond donors (Lipinski definition) is 0. The summed E-state index contributed by atoms with van der Waals surface area (Å²) in [4.78, 5) is 11.5. The molecule has 0 saturated carbocycles. The minimum absolute atomic E-state index is 0.138. The lowest BCUT2D eigenvalue weighted by Gasteiger charge is -2.19.